The van der Waals surface area contributed by atoms with E-state index in [4.69, 9.17) is 9.84 Å². The zero-order valence-corrected chi connectivity index (χ0v) is 12.8. The van der Waals surface area contributed by atoms with Crippen LogP contribution in [0.4, 0.5) is 4.79 Å². The topological polar surface area (TPSA) is 49.8 Å². The van der Waals surface area contributed by atoms with Gasteiger partial charge in [-0.3, -0.25) is 0 Å². The van der Waals surface area contributed by atoms with Gasteiger partial charge in [0.15, 0.2) is 0 Å². The Morgan fingerprint density at radius 1 is 1.21 bits per heavy atom. The molecular formula is C15H29NO3. The Bertz CT molecular complexity index is 278. The van der Waals surface area contributed by atoms with E-state index in [0.717, 1.165) is 25.8 Å². The van der Waals surface area contributed by atoms with Crippen molar-refractivity contribution in [3.63, 3.8) is 0 Å². The monoisotopic (exact) mass is 271 g/mol. The summed E-state index contributed by atoms with van der Waals surface area (Å²) >= 11 is 0. The first-order valence-electron chi connectivity index (χ1n) is 7.37. The van der Waals surface area contributed by atoms with Gasteiger partial charge in [0.25, 0.3) is 0 Å². The van der Waals surface area contributed by atoms with Crippen molar-refractivity contribution >= 4 is 6.09 Å². The average Bonchev–Trinajstić information content (AvgIpc) is 2.34. The highest BCUT2D eigenvalue weighted by atomic mass is 16.6. The smallest absolute Gasteiger partial charge is 0.410 e. The summed E-state index contributed by atoms with van der Waals surface area (Å²) in [6, 6.07) is 0. The number of hydrogen-bond donors (Lipinski definition) is 1. The number of carbonyl (C=O) groups excluding carboxylic acids is 1. The highest BCUT2D eigenvalue weighted by Gasteiger charge is 2.23. The number of amides is 1. The van der Waals surface area contributed by atoms with Gasteiger partial charge in [0.2, 0.25) is 0 Å². The predicted molar refractivity (Wildman–Crippen MR) is 76.0 cm³/mol. The summed E-state index contributed by atoms with van der Waals surface area (Å²) < 4.78 is 5.33. The van der Waals surface area contributed by atoms with Crippen molar-refractivity contribution in [1.29, 1.82) is 0 Å². The Morgan fingerprint density at radius 3 is 2.21 bits per heavy atom. The quantitative estimate of drug-likeness (QED) is 0.855. The Kier molecular flexibility index (Phi) is 6.11. The summed E-state index contributed by atoms with van der Waals surface area (Å²) in [5.41, 5.74) is -0.426. The molecule has 0 saturated heterocycles. The van der Waals surface area contributed by atoms with Gasteiger partial charge in [-0.2, -0.15) is 0 Å². The molecule has 1 N–H and O–H groups in total. The molecule has 1 aliphatic rings. The minimum atomic E-state index is -0.426. The molecule has 0 heterocycles. The Balaban J connectivity index is 2.23. The third-order valence-corrected chi connectivity index (χ3v) is 3.80. The van der Waals surface area contributed by atoms with Gasteiger partial charge < -0.3 is 14.7 Å². The van der Waals surface area contributed by atoms with E-state index in [0.29, 0.717) is 18.4 Å². The molecule has 0 unspecified atom stereocenters. The first-order valence-corrected chi connectivity index (χ1v) is 7.37. The molecule has 1 rings (SSSR count). The van der Waals surface area contributed by atoms with Crippen LogP contribution in [0.25, 0.3) is 0 Å². The molecule has 0 spiro atoms. The number of aliphatic hydroxyl groups is 1. The lowest BCUT2D eigenvalue weighted by molar-refractivity contribution is 0.0285. The van der Waals surface area contributed by atoms with Crippen LogP contribution in [-0.4, -0.2) is 41.9 Å². The summed E-state index contributed by atoms with van der Waals surface area (Å²) in [6.07, 6.45) is 5.39. The van der Waals surface area contributed by atoms with E-state index in [9.17, 15) is 4.79 Å². The number of rotatable bonds is 4. The Labute approximate surface area is 117 Å². The number of hydrogen-bond acceptors (Lipinski definition) is 3. The normalized spacial score (nSPS) is 24.1. The van der Waals surface area contributed by atoms with Gasteiger partial charge in [-0.15, -0.1) is 0 Å². The lowest BCUT2D eigenvalue weighted by Crippen LogP contribution is -2.35. The van der Waals surface area contributed by atoms with Gasteiger partial charge in [-0.1, -0.05) is 12.8 Å². The van der Waals surface area contributed by atoms with Crippen molar-refractivity contribution in [3.8, 4) is 0 Å². The molecule has 0 radical (unpaired) electrons. The molecule has 4 nitrogen and oxygen atoms in total. The van der Waals surface area contributed by atoms with Gasteiger partial charge in [0, 0.05) is 20.2 Å². The van der Waals surface area contributed by atoms with Crippen molar-refractivity contribution in [2.24, 2.45) is 11.8 Å². The van der Waals surface area contributed by atoms with Crippen molar-refractivity contribution in [2.45, 2.75) is 58.5 Å². The lowest BCUT2D eigenvalue weighted by atomic mass is 9.81. The first-order chi connectivity index (χ1) is 8.81. The van der Waals surface area contributed by atoms with Crippen molar-refractivity contribution in [2.75, 3.05) is 20.2 Å². The minimum Gasteiger partial charge on any atom is -0.444 e. The van der Waals surface area contributed by atoms with Gasteiger partial charge in [0.05, 0.1) is 0 Å². The van der Waals surface area contributed by atoms with E-state index in [1.54, 1.807) is 11.9 Å². The fourth-order valence-corrected chi connectivity index (χ4v) is 2.51. The maximum Gasteiger partial charge on any atom is 0.410 e. The largest absolute Gasteiger partial charge is 0.444 e. The molecule has 4 heteroatoms. The highest BCUT2D eigenvalue weighted by molar-refractivity contribution is 5.67. The fourth-order valence-electron chi connectivity index (χ4n) is 2.51. The second-order valence-corrected chi connectivity index (χ2v) is 6.76. The third-order valence-electron chi connectivity index (χ3n) is 3.80. The van der Waals surface area contributed by atoms with Gasteiger partial charge in [-0.25, -0.2) is 4.79 Å². The molecule has 1 aliphatic carbocycles. The SMILES string of the molecule is CN(CCC1CCC(CO)CC1)C(=O)OC(C)(C)C. The van der Waals surface area contributed by atoms with Crippen LogP contribution in [0.1, 0.15) is 52.9 Å². The van der Waals surface area contributed by atoms with E-state index in [1.807, 2.05) is 20.8 Å². The van der Waals surface area contributed by atoms with Crippen molar-refractivity contribution < 1.29 is 14.6 Å². The second-order valence-electron chi connectivity index (χ2n) is 6.76. The number of nitrogens with zero attached hydrogens (tertiary/aromatic N) is 1. The zero-order valence-electron chi connectivity index (χ0n) is 12.8. The van der Waals surface area contributed by atoms with Crippen LogP contribution in [0.5, 0.6) is 0 Å². The van der Waals surface area contributed by atoms with Gasteiger partial charge in [-0.05, 0) is 51.9 Å². The van der Waals surface area contributed by atoms with Crippen LogP contribution < -0.4 is 0 Å². The summed E-state index contributed by atoms with van der Waals surface area (Å²) in [6.45, 7) is 6.73. The molecule has 1 fully saturated rings. The van der Waals surface area contributed by atoms with E-state index >= 15 is 0 Å². The molecule has 0 aliphatic heterocycles. The molecular weight excluding hydrogens is 242 g/mol. The van der Waals surface area contributed by atoms with E-state index in [1.165, 1.54) is 12.8 Å². The second kappa shape index (κ2) is 7.13. The van der Waals surface area contributed by atoms with E-state index in [-0.39, 0.29) is 6.09 Å². The van der Waals surface area contributed by atoms with Crippen LogP contribution in [0.2, 0.25) is 0 Å². The van der Waals surface area contributed by atoms with Crippen molar-refractivity contribution in [1.82, 2.24) is 4.90 Å². The molecule has 112 valence electrons. The first kappa shape index (κ1) is 16.3. The molecule has 0 aromatic rings. The maximum absolute atomic E-state index is 11.8. The molecule has 19 heavy (non-hydrogen) atoms. The standard InChI is InChI=1S/C15H29NO3/c1-15(2,3)19-14(18)16(4)10-9-12-5-7-13(11-17)8-6-12/h12-13,17H,5-11H2,1-4H3. The highest BCUT2D eigenvalue weighted by Crippen LogP contribution is 2.30. The Hall–Kier alpha value is -0.770. The molecule has 0 bridgehead atoms. The van der Waals surface area contributed by atoms with Gasteiger partial charge >= 0.3 is 6.09 Å². The molecule has 1 saturated carbocycles. The average molecular weight is 271 g/mol. The number of ether oxygens (including phenoxy) is 1. The third kappa shape index (κ3) is 6.28. The predicted octanol–water partition coefficient (Wildman–Crippen LogP) is 3.04. The van der Waals surface area contributed by atoms with Crippen molar-refractivity contribution in [3.05, 3.63) is 0 Å². The molecule has 0 aromatic carbocycles. The van der Waals surface area contributed by atoms with Crippen LogP contribution in [0, 0.1) is 11.8 Å². The van der Waals surface area contributed by atoms with Gasteiger partial charge in [0.1, 0.15) is 5.60 Å². The van der Waals surface area contributed by atoms with Crippen LogP contribution >= 0.6 is 0 Å². The minimum absolute atomic E-state index is 0.239. The summed E-state index contributed by atoms with van der Waals surface area (Å²) in [7, 11) is 1.80. The zero-order chi connectivity index (χ0) is 14.5. The molecule has 0 aromatic heterocycles. The van der Waals surface area contributed by atoms with E-state index in [2.05, 4.69) is 0 Å². The maximum atomic E-state index is 11.8. The van der Waals surface area contributed by atoms with E-state index < -0.39 is 5.60 Å². The Morgan fingerprint density at radius 2 is 1.74 bits per heavy atom. The molecule has 1 amide bonds. The van der Waals surface area contributed by atoms with Crippen LogP contribution in [0.3, 0.4) is 0 Å². The summed E-state index contributed by atoms with van der Waals surface area (Å²) in [4.78, 5) is 13.5. The lowest BCUT2D eigenvalue weighted by Gasteiger charge is -2.29. The van der Waals surface area contributed by atoms with Crippen LogP contribution in [0.15, 0.2) is 0 Å². The fraction of sp³-hybridized carbons (Fsp3) is 0.933. The molecule has 0 atom stereocenters. The number of carbonyl (C=O) groups is 1. The summed E-state index contributed by atoms with van der Waals surface area (Å²) in [5.74, 6) is 1.19. The van der Waals surface area contributed by atoms with Crippen LogP contribution in [-0.2, 0) is 4.74 Å². The summed E-state index contributed by atoms with van der Waals surface area (Å²) in [5, 5.41) is 9.11. The number of aliphatic hydroxyl groups excluding tert-OH is 1.